The van der Waals surface area contributed by atoms with Crippen LogP contribution >= 0.6 is 27.5 Å². The predicted octanol–water partition coefficient (Wildman–Crippen LogP) is 4.60. The van der Waals surface area contributed by atoms with Crippen LogP contribution < -0.4 is 0 Å². The molecule has 0 spiro atoms. The molecule has 0 saturated carbocycles. The van der Waals surface area contributed by atoms with Gasteiger partial charge in [0.25, 0.3) is 0 Å². The fraction of sp³-hybridized carbons (Fsp3) is 0.133. The molecule has 0 N–H and O–H groups in total. The number of halogens is 3. The molecule has 0 aliphatic carbocycles. The van der Waals surface area contributed by atoms with Gasteiger partial charge in [0.2, 0.25) is 0 Å². The van der Waals surface area contributed by atoms with Gasteiger partial charge >= 0.3 is 0 Å². The molecule has 0 aromatic heterocycles. The standard InChI is InChI=1S/C15H11BrClFO/c16-12-5-4-11(15(18)9-12)8-14(19)7-10-2-1-3-13(17)6-10/h1-6,9H,7-8H2. The molecular weight excluding hydrogens is 331 g/mol. The van der Waals surface area contributed by atoms with Crippen LogP contribution in [0.3, 0.4) is 0 Å². The summed E-state index contributed by atoms with van der Waals surface area (Å²) in [6.07, 6.45) is 0.349. The summed E-state index contributed by atoms with van der Waals surface area (Å²) in [6, 6.07) is 11.8. The third-order valence-electron chi connectivity index (χ3n) is 2.69. The Labute approximate surface area is 124 Å². The quantitative estimate of drug-likeness (QED) is 0.794. The molecule has 0 aliphatic heterocycles. The Morgan fingerprint density at radius 1 is 1.16 bits per heavy atom. The van der Waals surface area contributed by atoms with E-state index in [1.54, 1.807) is 30.3 Å². The molecule has 0 atom stereocenters. The van der Waals surface area contributed by atoms with Crippen molar-refractivity contribution >= 4 is 33.3 Å². The van der Waals surface area contributed by atoms with Crippen LogP contribution in [0.1, 0.15) is 11.1 Å². The number of hydrogen-bond donors (Lipinski definition) is 0. The zero-order valence-electron chi connectivity index (χ0n) is 10.00. The summed E-state index contributed by atoms with van der Waals surface area (Å²) in [5, 5.41) is 0.597. The van der Waals surface area contributed by atoms with Crippen molar-refractivity contribution in [2.45, 2.75) is 12.8 Å². The molecule has 0 amide bonds. The van der Waals surface area contributed by atoms with Gasteiger partial charge < -0.3 is 0 Å². The van der Waals surface area contributed by atoms with Crippen molar-refractivity contribution in [1.29, 1.82) is 0 Å². The minimum atomic E-state index is -0.367. The van der Waals surface area contributed by atoms with Gasteiger partial charge in [-0.15, -0.1) is 0 Å². The van der Waals surface area contributed by atoms with E-state index in [0.29, 0.717) is 15.1 Å². The average molecular weight is 342 g/mol. The summed E-state index contributed by atoms with van der Waals surface area (Å²) >= 11 is 9.04. The Morgan fingerprint density at radius 3 is 2.63 bits per heavy atom. The summed E-state index contributed by atoms with van der Waals surface area (Å²) in [5.41, 5.74) is 1.25. The molecule has 0 aliphatic rings. The van der Waals surface area contributed by atoms with Crippen LogP contribution in [-0.2, 0) is 17.6 Å². The van der Waals surface area contributed by atoms with Crippen LogP contribution in [0.5, 0.6) is 0 Å². The lowest BCUT2D eigenvalue weighted by Gasteiger charge is -2.04. The predicted molar refractivity (Wildman–Crippen MR) is 78.0 cm³/mol. The van der Waals surface area contributed by atoms with Crippen LogP contribution in [0.25, 0.3) is 0 Å². The summed E-state index contributed by atoms with van der Waals surface area (Å²) < 4.78 is 14.3. The lowest BCUT2D eigenvalue weighted by atomic mass is 10.0. The average Bonchev–Trinajstić information content (AvgIpc) is 2.33. The molecule has 2 aromatic carbocycles. The van der Waals surface area contributed by atoms with Gasteiger partial charge in [-0.25, -0.2) is 4.39 Å². The number of Topliss-reactive ketones (excluding diaryl/α,β-unsaturated/α-hetero) is 1. The van der Waals surface area contributed by atoms with Crippen LogP contribution in [-0.4, -0.2) is 5.78 Å². The number of benzene rings is 2. The summed E-state index contributed by atoms with van der Waals surface area (Å²) in [7, 11) is 0. The molecule has 19 heavy (non-hydrogen) atoms. The normalized spacial score (nSPS) is 10.5. The van der Waals surface area contributed by atoms with Crippen molar-refractivity contribution in [2.24, 2.45) is 0 Å². The van der Waals surface area contributed by atoms with E-state index in [1.807, 2.05) is 6.07 Å². The van der Waals surface area contributed by atoms with E-state index in [0.717, 1.165) is 5.56 Å². The van der Waals surface area contributed by atoms with Crippen molar-refractivity contribution in [1.82, 2.24) is 0 Å². The second-order valence-electron chi connectivity index (χ2n) is 4.26. The molecule has 0 fully saturated rings. The van der Waals surface area contributed by atoms with Gasteiger partial charge in [-0.2, -0.15) is 0 Å². The number of hydrogen-bond acceptors (Lipinski definition) is 1. The second kappa shape index (κ2) is 6.31. The van der Waals surface area contributed by atoms with Gasteiger partial charge in [-0.3, -0.25) is 4.79 Å². The van der Waals surface area contributed by atoms with Gasteiger partial charge in [-0.05, 0) is 35.4 Å². The highest BCUT2D eigenvalue weighted by Gasteiger charge is 2.09. The van der Waals surface area contributed by atoms with Crippen LogP contribution in [0.15, 0.2) is 46.9 Å². The highest BCUT2D eigenvalue weighted by molar-refractivity contribution is 9.10. The first-order valence-electron chi connectivity index (χ1n) is 5.74. The van der Waals surface area contributed by atoms with Crippen LogP contribution in [0.4, 0.5) is 4.39 Å². The highest BCUT2D eigenvalue weighted by Crippen LogP contribution is 2.17. The van der Waals surface area contributed by atoms with Gasteiger partial charge in [0.05, 0.1) is 0 Å². The molecule has 1 nitrogen and oxygen atoms in total. The Balaban J connectivity index is 2.05. The van der Waals surface area contributed by atoms with Crippen molar-refractivity contribution in [3.8, 4) is 0 Å². The third-order valence-corrected chi connectivity index (χ3v) is 3.42. The smallest absolute Gasteiger partial charge is 0.141 e. The van der Waals surface area contributed by atoms with Crippen molar-refractivity contribution in [2.75, 3.05) is 0 Å². The van der Waals surface area contributed by atoms with Gasteiger partial charge in [-0.1, -0.05) is 45.7 Å². The third kappa shape index (κ3) is 4.15. The topological polar surface area (TPSA) is 17.1 Å². The lowest BCUT2D eigenvalue weighted by molar-refractivity contribution is -0.117. The van der Waals surface area contributed by atoms with E-state index in [-0.39, 0.29) is 24.4 Å². The first kappa shape index (κ1) is 14.2. The highest BCUT2D eigenvalue weighted by atomic mass is 79.9. The first-order valence-corrected chi connectivity index (χ1v) is 6.92. The fourth-order valence-electron chi connectivity index (χ4n) is 1.81. The van der Waals surface area contributed by atoms with E-state index >= 15 is 0 Å². The molecule has 2 rings (SSSR count). The van der Waals surface area contributed by atoms with E-state index in [4.69, 9.17) is 11.6 Å². The van der Waals surface area contributed by atoms with E-state index in [2.05, 4.69) is 15.9 Å². The second-order valence-corrected chi connectivity index (χ2v) is 5.61. The summed E-state index contributed by atoms with van der Waals surface area (Å²) in [4.78, 5) is 11.9. The van der Waals surface area contributed by atoms with Crippen molar-refractivity contribution < 1.29 is 9.18 Å². The minimum Gasteiger partial charge on any atom is -0.299 e. The first-order chi connectivity index (χ1) is 9.04. The van der Waals surface area contributed by atoms with Crippen LogP contribution in [0.2, 0.25) is 5.02 Å². The minimum absolute atomic E-state index is 0.0384. The van der Waals surface area contributed by atoms with Gasteiger partial charge in [0.1, 0.15) is 11.6 Å². The largest absolute Gasteiger partial charge is 0.299 e. The molecule has 2 aromatic rings. The maximum atomic E-state index is 13.6. The number of carbonyl (C=O) groups is 1. The van der Waals surface area contributed by atoms with Gasteiger partial charge in [0.15, 0.2) is 0 Å². The van der Waals surface area contributed by atoms with E-state index < -0.39 is 0 Å². The molecule has 0 bridgehead atoms. The molecule has 0 unspecified atom stereocenters. The SMILES string of the molecule is O=C(Cc1cccc(Cl)c1)Cc1ccc(Br)cc1F. The van der Waals surface area contributed by atoms with Crippen molar-refractivity contribution in [3.63, 3.8) is 0 Å². The van der Waals surface area contributed by atoms with Gasteiger partial charge in [0, 0.05) is 22.3 Å². The Bertz CT molecular complexity index is 613. The number of rotatable bonds is 4. The number of ketones is 1. The van der Waals surface area contributed by atoms with E-state index in [9.17, 15) is 9.18 Å². The Kier molecular flexibility index (Phi) is 4.72. The van der Waals surface area contributed by atoms with Crippen molar-refractivity contribution in [3.05, 3.63) is 68.9 Å². The molecule has 4 heteroatoms. The zero-order chi connectivity index (χ0) is 13.8. The molecule has 0 saturated heterocycles. The van der Waals surface area contributed by atoms with Crippen LogP contribution in [0, 0.1) is 5.82 Å². The lowest BCUT2D eigenvalue weighted by Crippen LogP contribution is -2.08. The monoisotopic (exact) mass is 340 g/mol. The zero-order valence-corrected chi connectivity index (χ0v) is 12.3. The maximum absolute atomic E-state index is 13.6. The Hall–Kier alpha value is -1.19. The fourth-order valence-corrected chi connectivity index (χ4v) is 2.36. The van der Waals surface area contributed by atoms with E-state index in [1.165, 1.54) is 6.07 Å². The molecular formula is C15H11BrClFO. The summed E-state index contributed by atoms with van der Waals surface area (Å²) in [5.74, 6) is -0.405. The maximum Gasteiger partial charge on any atom is 0.141 e. The Morgan fingerprint density at radius 2 is 1.95 bits per heavy atom. The molecule has 0 radical (unpaired) electrons. The molecule has 98 valence electrons. The number of carbonyl (C=O) groups excluding carboxylic acids is 1. The summed E-state index contributed by atoms with van der Waals surface area (Å²) in [6.45, 7) is 0. The molecule has 0 heterocycles.